The molecule has 0 aromatic carbocycles. The zero-order valence-corrected chi connectivity index (χ0v) is 11.2. The minimum atomic E-state index is 0.240. The van der Waals surface area contributed by atoms with Gasteiger partial charge in [-0.1, -0.05) is 32.6 Å². The van der Waals surface area contributed by atoms with Gasteiger partial charge in [0.15, 0.2) is 0 Å². The summed E-state index contributed by atoms with van der Waals surface area (Å²) in [5.41, 5.74) is 5.70. The standard InChI is InChI=1S/C14H28N2O/c1-2-3-4-5-9-14(17)16-13-8-6-7-12(10-13)11-15/h12-13H,2-11,15H2,1H3,(H,16,17). The molecule has 1 rings (SSSR count). The van der Waals surface area contributed by atoms with Crippen LogP contribution in [-0.4, -0.2) is 18.5 Å². The summed E-state index contributed by atoms with van der Waals surface area (Å²) in [5.74, 6) is 0.859. The van der Waals surface area contributed by atoms with Gasteiger partial charge >= 0.3 is 0 Å². The summed E-state index contributed by atoms with van der Waals surface area (Å²) >= 11 is 0. The second-order valence-corrected chi connectivity index (χ2v) is 5.34. The first-order valence-corrected chi connectivity index (χ1v) is 7.25. The maximum atomic E-state index is 11.7. The molecule has 3 nitrogen and oxygen atoms in total. The van der Waals surface area contributed by atoms with E-state index in [2.05, 4.69) is 12.2 Å². The lowest BCUT2D eigenvalue weighted by Crippen LogP contribution is -2.39. The molecule has 1 amide bonds. The summed E-state index contributed by atoms with van der Waals surface area (Å²) in [6.07, 6.45) is 10.0. The second kappa shape index (κ2) is 8.51. The summed E-state index contributed by atoms with van der Waals surface area (Å²) in [5, 5.41) is 3.17. The first-order chi connectivity index (χ1) is 8.26. The van der Waals surface area contributed by atoms with Crippen LogP contribution in [0, 0.1) is 5.92 Å². The summed E-state index contributed by atoms with van der Waals surface area (Å²) in [4.78, 5) is 11.7. The van der Waals surface area contributed by atoms with Crippen LogP contribution in [-0.2, 0) is 4.79 Å². The van der Waals surface area contributed by atoms with E-state index in [0.717, 1.165) is 25.8 Å². The molecule has 100 valence electrons. The van der Waals surface area contributed by atoms with Gasteiger partial charge in [0.2, 0.25) is 5.91 Å². The Morgan fingerprint density at radius 3 is 2.82 bits per heavy atom. The molecule has 1 fully saturated rings. The number of nitrogens with one attached hydrogen (secondary N) is 1. The Hall–Kier alpha value is -0.570. The molecule has 17 heavy (non-hydrogen) atoms. The lowest BCUT2D eigenvalue weighted by molar-refractivity contribution is -0.122. The SMILES string of the molecule is CCCCCCC(=O)NC1CCCC(CN)C1. The number of carbonyl (C=O) groups excluding carboxylic acids is 1. The van der Waals surface area contributed by atoms with Crippen molar-refractivity contribution >= 4 is 5.91 Å². The highest BCUT2D eigenvalue weighted by atomic mass is 16.1. The molecule has 0 bridgehead atoms. The highest BCUT2D eigenvalue weighted by Crippen LogP contribution is 2.23. The third-order valence-electron chi connectivity index (χ3n) is 3.74. The monoisotopic (exact) mass is 240 g/mol. The van der Waals surface area contributed by atoms with Crippen LogP contribution in [0.5, 0.6) is 0 Å². The molecule has 1 aliphatic rings. The van der Waals surface area contributed by atoms with E-state index in [1.165, 1.54) is 32.1 Å². The fraction of sp³-hybridized carbons (Fsp3) is 0.929. The minimum Gasteiger partial charge on any atom is -0.353 e. The molecule has 3 heteroatoms. The van der Waals surface area contributed by atoms with Crippen LogP contribution >= 0.6 is 0 Å². The predicted molar refractivity (Wildman–Crippen MR) is 71.7 cm³/mol. The number of hydrogen-bond acceptors (Lipinski definition) is 2. The summed E-state index contributed by atoms with van der Waals surface area (Å²) in [6, 6.07) is 0.385. The smallest absolute Gasteiger partial charge is 0.220 e. The topological polar surface area (TPSA) is 55.1 Å². The van der Waals surface area contributed by atoms with Gasteiger partial charge in [0.25, 0.3) is 0 Å². The van der Waals surface area contributed by atoms with Crippen LogP contribution in [0.4, 0.5) is 0 Å². The lowest BCUT2D eigenvalue weighted by Gasteiger charge is -2.28. The van der Waals surface area contributed by atoms with Crippen LogP contribution in [0.2, 0.25) is 0 Å². The van der Waals surface area contributed by atoms with E-state index in [-0.39, 0.29) is 5.91 Å². The Morgan fingerprint density at radius 2 is 2.12 bits per heavy atom. The molecule has 0 radical (unpaired) electrons. The van der Waals surface area contributed by atoms with Crippen molar-refractivity contribution < 1.29 is 4.79 Å². The fourth-order valence-electron chi connectivity index (χ4n) is 2.65. The van der Waals surface area contributed by atoms with Crippen LogP contribution in [0.15, 0.2) is 0 Å². The van der Waals surface area contributed by atoms with Gasteiger partial charge in [0.1, 0.15) is 0 Å². The zero-order chi connectivity index (χ0) is 12.5. The molecule has 0 aromatic heterocycles. The van der Waals surface area contributed by atoms with Crippen molar-refractivity contribution in [3.05, 3.63) is 0 Å². The molecule has 2 atom stereocenters. The Bertz CT molecular complexity index is 218. The second-order valence-electron chi connectivity index (χ2n) is 5.34. The Balaban J connectivity index is 2.12. The fourth-order valence-corrected chi connectivity index (χ4v) is 2.65. The minimum absolute atomic E-state index is 0.240. The van der Waals surface area contributed by atoms with Crippen LogP contribution in [0.1, 0.15) is 64.7 Å². The van der Waals surface area contributed by atoms with Gasteiger partial charge in [-0.25, -0.2) is 0 Å². The highest BCUT2D eigenvalue weighted by molar-refractivity contribution is 5.76. The maximum absolute atomic E-state index is 11.7. The number of carbonyl (C=O) groups is 1. The Labute approximate surface area is 106 Å². The normalized spacial score (nSPS) is 24.6. The number of rotatable bonds is 7. The number of hydrogen-bond donors (Lipinski definition) is 2. The van der Waals surface area contributed by atoms with Crippen LogP contribution < -0.4 is 11.1 Å². The summed E-state index contributed by atoms with van der Waals surface area (Å²) in [7, 11) is 0. The van der Waals surface area contributed by atoms with Gasteiger partial charge in [-0.2, -0.15) is 0 Å². The third-order valence-corrected chi connectivity index (χ3v) is 3.74. The summed E-state index contributed by atoms with van der Waals surface area (Å²) in [6.45, 7) is 2.96. The van der Waals surface area contributed by atoms with E-state index in [9.17, 15) is 4.79 Å². The van der Waals surface area contributed by atoms with Crippen LogP contribution in [0.25, 0.3) is 0 Å². The number of unbranched alkanes of at least 4 members (excludes halogenated alkanes) is 3. The molecule has 0 aliphatic heterocycles. The molecular weight excluding hydrogens is 212 g/mol. The Kier molecular flexibility index (Phi) is 7.25. The van der Waals surface area contributed by atoms with E-state index in [4.69, 9.17) is 5.73 Å². The van der Waals surface area contributed by atoms with Crippen molar-refractivity contribution in [1.82, 2.24) is 5.32 Å². The van der Waals surface area contributed by atoms with Crippen molar-refractivity contribution in [1.29, 1.82) is 0 Å². The number of nitrogens with two attached hydrogens (primary N) is 1. The molecule has 0 aromatic rings. The van der Waals surface area contributed by atoms with E-state index in [0.29, 0.717) is 18.4 Å². The first kappa shape index (κ1) is 14.5. The van der Waals surface area contributed by atoms with Crippen molar-refractivity contribution in [2.45, 2.75) is 70.8 Å². The summed E-state index contributed by atoms with van der Waals surface area (Å²) < 4.78 is 0. The van der Waals surface area contributed by atoms with E-state index in [1.807, 2.05) is 0 Å². The van der Waals surface area contributed by atoms with E-state index in [1.54, 1.807) is 0 Å². The first-order valence-electron chi connectivity index (χ1n) is 7.25. The van der Waals surface area contributed by atoms with Gasteiger partial charge in [-0.3, -0.25) is 4.79 Å². The van der Waals surface area contributed by atoms with Crippen LogP contribution in [0.3, 0.4) is 0 Å². The molecule has 0 heterocycles. The van der Waals surface area contributed by atoms with Crippen molar-refractivity contribution in [2.24, 2.45) is 11.7 Å². The molecule has 2 unspecified atom stereocenters. The van der Waals surface area contributed by atoms with Gasteiger partial charge in [-0.05, 0) is 38.1 Å². The molecule has 0 saturated heterocycles. The predicted octanol–water partition coefficient (Wildman–Crippen LogP) is 2.59. The highest BCUT2D eigenvalue weighted by Gasteiger charge is 2.21. The largest absolute Gasteiger partial charge is 0.353 e. The van der Waals surface area contributed by atoms with Crippen molar-refractivity contribution in [3.63, 3.8) is 0 Å². The van der Waals surface area contributed by atoms with Gasteiger partial charge in [0.05, 0.1) is 0 Å². The van der Waals surface area contributed by atoms with Crippen molar-refractivity contribution in [2.75, 3.05) is 6.54 Å². The lowest BCUT2D eigenvalue weighted by atomic mass is 9.86. The zero-order valence-electron chi connectivity index (χ0n) is 11.2. The third kappa shape index (κ3) is 6.06. The van der Waals surface area contributed by atoms with E-state index < -0.39 is 0 Å². The molecule has 1 saturated carbocycles. The quantitative estimate of drug-likeness (QED) is 0.672. The van der Waals surface area contributed by atoms with Gasteiger partial charge in [-0.15, -0.1) is 0 Å². The molecular formula is C14H28N2O. The molecule has 3 N–H and O–H groups in total. The molecule has 1 aliphatic carbocycles. The average Bonchev–Trinajstić information content (AvgIpc) is 2.35. The van der Waals surface area contributed by atoms with Gasteiger partial charge < -0.3 is 11.1 Å². The molecule has 0 spiro atoms. The van der Waals surface area contributed by atoms with Crippen molar-refractivity contribution in [3.8, 4) is 0 Å². The number of amides is 1. The average molecular weight is 240 g/mol. The Morgan fingerprint density at radius 1 is 1.29 bits per heavy atom. The van der Waals surface area contributed by atoms with Gasteiger partial charge in [0, 0.05) is 12.5 Å². The maximum Gasteiger partial charge on any atom is 0.220 e. The van der Waals surface area contributed by atoms with E-state index >= 15 is 0 Å².